The molecule has 0 amide bonds. The maximum absolute atomic E-state index is 11.1. The fraction of sp³-hybridized carbons (Fsp3) is 0.238. The first-order chi connectivity index (χ1) is 12.7. The molecule has 2 heterocycles. The minimum atomic E-state index is -0.335. The summed E-state index contributed by atoms with van der Waals surface area (Å²) in [7, 11) is 0. The average Bonchev–Trinajstić information content (AvgIpc) is 3.18. The molecule has 4 rings (SSSR count). The van der Waals surface area contributed by atoms with Gasteiger partial charge in [0.05, 0.1) is 16.6 Å². The number of amidine groups is 1. The predicted octanol–water partition coefficient (Wildman–Crippen LogP) is 4.67. The Morgan fingerprint density at radius 2 is 1.85 bits per heavy atom. The van der Waals surface area contributed by atoms with Crippen LogP contribution in [0.5, 0.6) is 0 Å². The molecule has 0 bridgehead atoms. The topological polar surface area (TPSA) is 76.0 Å². The first-order valence-electron chi connectivity index (χ1n) is 8.99. The van der Waals surface area contributed by atoms with E-state index < -0.39 is 0 Å². The summed E-state index contributed by atoms with van der Waals surface area (Å²) < 4.78 is 0. The molecule has 0 unspecified atom stereocenters. The van der Waals surface area contributed by atoms with Crippen molar-refractivity contribution in [2.45, 2.75) is 25.8 Å². The van der Waals surface area contributed by atoms with E-state index in [2.05, 4.69) is 16.9 Å². The Kier molecular flexibility index (Phi) is 4.21. The molecule has 1 aliphatic rings. The number of aromatic amines is 1. The Morgan fingerprint density at radius 1 is 1.12 bits per heavy atom. The van der Waals surface area contributed by atoms with Crippen LogP contribution >= 0.6 is 0 Å². The molecule has 1 atom stereocenters. The van der Waals surface area contributed by atoms with Gasteiger partial charge in [0, 0.05) is 6.54 Å². The number of unbranched alkanes of at least 4 members (excludes halogenated alkanes) is 1. The molecule has 0 saturated carbocycles. The normalized spacial score (nSPS) is 17.5. The number of aliphatic hydroxyl groups excluding tert-OH is 1. The number of H-pyrrole nitrogens is 1. The maximum atomic E-state index is 11.1. The summed E-state index contributed by atoms with van der Waals surface area (Å²) in [5.74, 6) is 1.06. The van der Waals surface area contributed by atoms with Gasteiger partial charge in [-0.15, -0.1) is 0 Å². The maximum Gasteiger partial charge on any atom is 0.145 e. The van der Waals surface area contributed by atoms with Gasteiger partial charge in [0.2, 0.25) is 0 Å². The number of para-hydroxylation sites is 2. The molecule has 0 aliphatic carbocycles. The van der Waals surface area contributed by atoms with Gasteiger partial charge in [0.1, 0.15) is 23.5 Å². The molecule has 2 aromatic carbocycles. The third-order valence-corrected chi connectivity index (χ3v) is 4.84. The lowest BCUT2D eigenvalue weighted by molar-refractivity contribution is 0.272. The Labute approximate surface area is 152 Å². The van der Waals surface area contributed by atoms with Gasteiger partial charge in [0.25, 0.3) is 0 Å². The van der Waals surface area contributed by atoms with Crippen LogP contribution in [0.2, 0.25) is 0 Å². The van der Waals surface area contributed by atoms with Crippen molar-refractivity contribution in [1.29, 1.82) is 5.41 Å². The van der Waals surface area contributed by atoms with Crippen LogP contribution < -0.4 is 0 Å². The van der Waals surface area contributed by atoms with Gasteiger partial charge in [-0.3, -0.25) is 5.41 Å². The first-order valence-corrected chi connectivity index (χ1v) is 8.99. The number of aromatic nitrogens is 2. The number of aliphatic hydroxyl groups is 1. The van der Waals surface area contributed by atoms with E-state index in [1.54, 1.807) is 0 Å². The second-order valence-electron chi connectivity index (χ2n) is 6.57. The van der Waals surface area contributed by atoms with Crippen LogP contribution in [0.4, 0.5) is 0 Å². The predicted molar refractivity (Wildman–Crippen MR) is 104 cm³/mol. The van der Waals surface area contributed by atoms with Crippen LogP contribution in [0.15, 0.2) is 60.4 Å². The summed E-state index contributed by atoms with van der Waals surface area (Å²) in [6.45, 7) is 2.85. The van der Waals surface area contributed by atoms with Crippen LogP contribution in [-0.2, 0) is 0 Å². The molecule has 1 aromatic heterocycles. The highest BCUT2D eigenvalue weighted by molar-refractivity contribution is 6.23. The zero-order valence-corrected chi connectivity index (χ0v) is 14.7. The van der Waals surface area contributed by atoms with Crippen molar-refractivity contribution < 1.29 is 5.11 Å². The fourth-order valence-electron chi connectivity index (χ4n) is 3.53. The quantitative estimate of drug-likeness (QED) is 0.628. The molecule has 5 heteroatoms. The Hall–Kier alpha value is -3.08. The summed E-state index contributed by atoms with van der Waals surface area (Å²) in [5.41, 5.74) is 3.21. The Morgan fingerprint density at radius 3 is 2.58 bits per heavy atom. The highest BCUT2D eigenvalue weighted by Gasteiger charge is 2.39. The number of nitrogens with one attached hydrogen (secondary N) is 2. The molecule has 1 aliphatic heterocycles. The molecule has 0 fully saturated rings. The van der Waals surface area contributed by atoms with Gasteiger partial charge in [-0.2, -0.15) is 0 Å². The number of fused-ring (bicyclic) bond motifs is 1. The van der Waals surface area contributed by atoms with Crippen molar-refractivity contribution in [2.75, 3.05) is 6.54 Å². The van der Waals surface area contributed by atoms with Crippen molar-refractivity contribution in [3.8, 4) is 0 Å². The number of rotatable bonds is 5. The number of imidazole rings is 1. The minimum Gasteiger partial charge on any atom is -0.509 e. The summed E-state index contributed by atoms with van der Waals surface area (Å²) in [4.78, 5) is 9.82. The summed E-state index contributed by atoms with van der Waals surface area (Å²) in [6, 6.07) is 17.3. The van der Waals surface area contributed by atoms with Crippen molar-refractivity contribution in [3.05, 3.63) is 71.7 Å². The number of nitrogens with zero attached hydrogens (tertiary/aromatic N) is 2. The molecule has 26 heavy (non-hydrogen) atoms. The van der Waals surface area contributed by atoms with E-state index in [0.717, 1.165) is 36.0 Å². The highest BCUT2D eigenvalue weighted by atomic mass is 16.3. The third-order valence-electron chi connectivity index (χ3n) is 4.84. The zero-order chi connectivity index (χ0) is 18.1. The van der Waals surface area contributed by atoms with E-state index in [4.69, 9.17) is 5.41 Å². The van der Waals surface area contributed by atoms with Crippen molar-refractivity contribution in [2.24, 2.45) is 0 Å². The van der Waals surface area contributed by atoms with E-state index in [1.165, 1.54) is 0 Å². The summed E-state index contributed by atoms with van der Waals surface area (Å²) in [5, 5.41) is 19.8. The van der Waals surface area contributed by atoms with Gasteiger partial charge in [0.15, 0.2) is 0 Å². The average molecular weight is 346 g/mol. The molecule has 3 aromatic rings. The Balaban J connectivity index is 1.81. The smallest absolute Gasteiger partial charge is 0.145 e. The second-order valence-corrected chi connectivity index (χ2v) is 6.57. The molecular weight excluding hydrogens is 324 g/mol. The number of benzene rings is 2. The summed E-state index contributed by atoms with van der Waals surface area (Å²) in [6.07, 6.45) is 2.00. The lowest BCUT2D eigenvalue weighted by Gasteiger charge is -2.27. The minimum absolute atomic E-state index is 0.191. The van der Waals surface area contributed by atoms with Gasteiger partial charge < -0.3 is 15.0 Å². The largest absolute Gasteiger partial charge is 0.509 e. The van der Waals surface area contributed by atoms with E-state index in [0.29, 0.717) is 17.2 Å². The van der Waals surface area contributed by atoms with E-state index in [9.17, 15) is 5.11 Å². The lowest BCUT2D eigenvalue weighted by Crippen LogP contribution is -2.30. The lowest BCUT2D eigenvalue weighted by atomic mass is 10.0. The van der Waals surface area contributed by atoms with Gasteiger partial charge >= 0.3 is 0 Å². The van der Waals surface area contributed by atoms with E-state index in [-0.39, 0.29) is 11.8 Å². The monoisotopic (exact) mass is 346 g/mol. The summed E-state index contributed by atoms with van der Waals surface area (Å²) >= 11 is 0. The van der Waals surface area contributed by atoms with Crippen molar-refractivity contribution in [1.82, 2.24) is 14.9 Å². The van der Waals surface area contributed by atoms with Crippen LogP contribution in [0, 0.1) is 5.41 Å². The van der Waals surface area contributed by atoms with Crippen molar-refractivity contribution >= 4 is 22.4 Å². The highest BCUT2D eigenvalue weighted by Crippen LogP contribution is 2.40. The van der Waals surface area contributed by atoms with Crippen LogP contribution in [0.3, 0.4) is 0 Å². The number of hydrogen-bond donors (Lipinski definition) is 3. The third kappa shape index (κ3) is 2.65. The molecular formula is C21H22N4O. The van der Waals surface area contributed by atoms with Gasteiger partial charge in [-0.25, -0.2) is 4.98 Å². The standard InChI is InChI=1S/C21H22N4O/c1-2-3-13-25-18(14-9-5-4-6-10-14)19(26)17(20(25)22)21-23-15-11-7-8-12-16(15)24-21/h4-12,18,22,26H,2-3,13H2,1H3,(H,23,24)/t18-/m0/s1. The van der Waals surface area contributed by atoms with Gasteiger partial charge in [-0.1, -0.05) is 55.8 Å². The van der Waals surface area contributed by atoms with E-state index >= 15 is 0 Å². The van der Waals surface area contributed by atoms with Crippen LogP contribution in [0.25, 0.3) is 16.6 Å². The van der Waals surface area contributed by atoms with Crippen molar-refractivity contribution in [3.63, 3.8) is 0 Å². The SMILES string of the molecule is CCCCN1C(=N)C(c2nc3ccccc3[nH]2)=C(O)[C@@H]1c1ccccc1. The molecule has 0 saturated heterocycles. The zero-order valence-electron chi connectivity index (χ0n) is 14.7. The Bertz CT molecular complexity index is 941. The van der Waals surface area contributed by atoms with Crippen LogP contribution in [-0.4, -0.2) is 32.4 Å². The molecule has 132 valence electrons. The molecule has 5 nitrogen and oxygen atoms in total. The fourth-order valence-corrected chi connectivity index (χ4v) is 3.53. The first kappa shape index (κ1) is 16.4. The number of hydrogen-bond acceptors (Lipinski definition) is 3. The van der Waals surface area contributed by atoms with Crippen LogP contribution in [0.1, 0.15) is 37.2 Å². The molecule has 0 spiro atoms. The second kappa shape index (κ2) is 6.67. The van der Waals surface area contributed by atoms with Gasteiger partial charge in [-0.05, 0) is 24.1 Å². The molecule has 0 radical (unpaired) electrons. The molecule has 3 N–H and O–H groups in total. The van der Waals surface area contributed by atoms with E-state index in [1.807, 2.05) is 59.5 Å².